The van der Waals surface area contributed by atoms with Crippen molar-refractivity contribution < 1.29 is 9.53 Å². The van der Waals surface area contributed by atoms with Crippen molar-refractivity contribution >= 4 is 6.29 Å². The third kappa shape index (κ3) is 2.58. The Morgan fingerprint density at radius 2 is 2.00 bits per heavy atom. The Labute approximate surface area is 90.3 Å². The number of carbonyl (C=O) groups excluding carboxylic acids is 1. The summed E-state index contributed by atoms with van der Waals surface area (Å²) >= 11 is 0. The van der Waals surface area contributed by atoms with Gasteiger partial charge in [-0.2, -0.15) is 0 Å². The van der Waals surface area contributed by atoms with E-state index in [1.165, 1.54) is 12.8 Å². The Hall–Kier alpha value is -1.31. The van der Waals surface area contributed by atoms with Crippen LogP contribution in [0.2, 0.25) is 0 Å². The second kappa shape index (κ2) is 4.47. The first-order valence-corrected chi connectivity index (χ1v) is 5.51. The number of rotatable bonds is 3. The Balaban J connectivity index is 2.12. The summed E-state index contributed by atoms with van der Waals surface area (Å²) in [6, 6.07) is 5.68. The molecule has 2 heteroatoms. The summed E-state index contributed by atoms with van der Waals surface area (Å²) in [5.41, 5.74) is 1.77. The van der Waals surface area contributed by atoms with Gasteiger partial charge in [0.2, 0.25) is 0 Å². The summed E-state index contributed by atoms with van der Waals surface area (Å²) in [7, 11) is 0. The normalized spacial score (nSPS) is 16.6. The number of benzene rings is 1. The molecular formula is C13H16O2. The van der Waals surface area contributed by atoms with Gasteiger partial charge in [-0.1, -0.05) is 0 Å². The molecule has 0 unspecified atom stereocenters. The molecule has 0 bridgehead atoms. The number of hydrogen-bond acceptors (Lipinski definition) is 2. The SMILES string of the molecule is Cc1cc(C=O)cc(OC2CCCC2)c1. The highest BCUT2D eigenvalue weighted by Crippen LogP contribution is 2.25. The molecule has 1 aliphatic rings. The number of hydrogen-bond donors (Lipinski definition) is 0. The highest BCUT2D eigenvalue weighted by molar-refractivity contribution is 5.76. The van der Waals surface area contributed by atoms with Crippen LogP contribution >= 0.6 is 0 Å². The fourth-order valence-corrected chi connectivity index (χ4v) is 2.11. The van der Waals surface area contributed by atoms with Gasteiger partial charge in [-0.25, -0.2) is 0 Å². The van der Waals surface area contributed by atoms with E-state index in [0.717, 1.165) is 30.4 Å². The number of ether oxygens (including phenoxy) is 1. The van der Waals surface area contributed by atoms with Crippen molar-refractivity contribution in [1.82, 2.24) is 0 Å². The third-order valence-corrected chi connectivity index (χ3v) is 2.81. The predicted molar refractivity (Wildman–Crippen MR) is 59.5 cm³/mol. The molecule has 80 valence electrons. The zero-order valence-electron chi connectivity index (χ0n) is 9.03. The van der Waals surface area contributed by atoms with Crippen molar-refractivity contribution in [3.05, 3.63) is 29.3 Å². The largest absolute Gasteiger partial charge is 0.490 e. The minimum absolute atomic E-state index is 0.353. The molecule has 0 aliphatic heterocycles. The van der Waals surface area contributed by atoms with Crippen LogP contribution in [0, 0.1) is 6.92 Å². The molecule has 0 heterocycles. The van der Waals surface area contributed by atoms with E-state index in [0.29, 0.717) is 11.7 Å². The van der Waals surface area contributed by atoms with Crippen molar-refractivity contribution in [2.45, 2.75) is 38.7 Å². The molecule has 0 saturated heterocycles. The Bertz CT molecular complexity index is 352. The lowest BCUT2D eigenvalue weighted by molar-refractivity contribution is 0.112. The molecule has 1 aromatic rings. The molecule has 0 amide bonds. The Morgan fingerprint density at radius 3 is 2.67 bits per heavy atom. The van der Waals surface area contributed by atoms with Gasteiger partial charge in [0.15, 0.2) is 0 Å². The highest BCUT2D eigenvalue weighted by Gasteiger charge is 2.16. The quantitative estimate of drug-likeness (QED) is 0.707. The van der Waals surface area contributed by atoms with Crippen molar-refractivity contribution in [3.8, 4) is 5.75 Å². The molecule has 0 atom stereocenters. The first-order valence-electron chi connectivity index (χ1n) is 5.51. The van der Waals surface area contributed by atoms with E-state index in [2.05, 4.69) is 0 Å². The Morgan fingerprint density at radius 1 is 1.27 bits per heavy atom. The zero-order chi connectivity index (χ0) is 10.7. The monoisotopic (exact) mass is 204 g/mol. The summed E-state index contributed by atoms with van der Waals surface area (Å²) in [5, 5.41) is 0. The van der Waals surface area contributed by atoms with E-state index >= 15 is 0 Å². The van der Waals surface area contributed by atoms with Crippen LogP contribution in [0.25, 0.3) is 0 Å². The fraction of sp³-hybridized carbons (Fsp3) is 0.462. The van der Waals surface area contributed by atoms with E-state index in [1.807, 2.05) is 25.1 Å². The molecule has 2 nitrogen and oxygen atoms in total. The van der Waals surface area contributed by atoms with Crippen LogP contribution in [0.5, 0.6) is 5.75 Å². The first-order chi connectivity index (χ1) is 7.28. The van der Waals surface area contributed by atoms with Gasteiger partial charge in [0.1, 0.15) is 12.0 Å². The molecule has 2 rings (SSSR count). The fourth-order valence-electron chi connectivity index (χ4n) is 2.11. The van der Waals surface area contributed by atoms with Gasteiger partial charge in [0.25, 0.3) is 0 Å². The summed E-state index contributed by atoms with van der Waals surface area (Å²) in [6.45, 7) is 1.98. The molecular weight excluding hydrogens is 188 g/mol. The summed E-state index contributed by atoms with van der Waals surface area (Å²) < 4.78 is 5.84. The standard InChI is InChI=1S/C13H16O2/c1-10-6-11(9-14)8-13(7-10)15-12-4-2-3-5-12/h6-9,12H,2-5H2,1H3. The van der Waals surface area contributed by atoms with Crippen LogP contribution in [0.1, 0.15) is 41.6 Å². The smallest absolute Gasteiger partial charge is 0.150 e. The van der Waals surface area contributed by atoms with E-state index < -0.39 is 0 Å². The van der Waals surface area contributed by atoms with Crippen molar-refractivity contribution in [3.63, 3.8) is 0 Å². The number of aryl methyl sites for hydroxylation is 1. The minimum atomic E-state index is 0.353. The molecule has 1 aliphatic carbocycles. The van der Waals surface area contributed by atoms with Gasteiger partial charge in [0, 0.05) is 5.56 Å². The molecule has 0 radical (unpaired) electrons. The van der Waals surface area contributed by atoms with Crippen molar-refractivity contribution in [2.24, 2.45) is 0 Å². The maximum atomic E-state index is 10.7. The van der Waals surface area contributed by atoms with Gasteiger partial charge in [-0.3, -0.25) is 4.79 Å². The lowest BCUT2D eigenvalue weighted by Gasteiger charge is -2.13. The maximum absolute atomic E-state index is 10.7. The molecule has 1 aromatic carbocycles. The van der Waals surface area contributed by atoms with E-state index in [9.17, 15) is 4.79 Å². The van der Waals surface area contributed by atoms with Crippen LogP contribution in [0.4, 0.5) is 0 Å². The van der Waals surface area contributed by atoms with Crippen LogP contribution in [-0.4, -0.2) is 12.4 Å². The summed E-state index contributed by atoms with van der Waals surface area (Å²) in [6.07, 6.45) is 6.03. The minimum Gasteiger partial charge on any atom is -0.490 e. The van der Waals surface area contributed by atoms with Crippen LogP contribution in [0.3, 0.4) is 0 Å². The second-order valence-electron chi connectivity index (χ2n) is 4.22. The summed E-state index contributed by atoms with van der Waals surface area (Å²) in [5.74, 6) is 0.837. The maximum Gasteiger partial charge on any atom is 0.150 e. The average Bonchev–Trinajstić information content (AvgIpc) is 2.69. The predicted octanol–water partition coefficient (Wildman–Crippen LogP) is 3.13. The average molecular weight is 204 g/mol. The van der Waals surface area contributed by atoms with Crippen LogP contribution < -0.4 is 4.74 Å². The van der Waals surface area contributed by atoms with Gasteiger partial charge >= 0.3 is 0 Å². The van der Waals surface area contributed by atoms with Crippen molar-refractivity contribution in [1.29, 1.82) is 0 Å². The van der Waals surface area contributed by atoms with E-state index in [1.54, 1.807) is 0 Å². The lowest BCUT2D eigenvalue weighted by Crippen LogP contribution is -2.11. The van der Waals surface area contributed by atoms with Crippen LogP contribution in [0.15, 0.2) is 18.2 Å². The molecule has 0 spiro atoms. The number of aldehydes is 1. The van der Waals surface area contributed by atoms with Gasteiger partial charge < -0.3 is 4.74 Å². The van der Waals surface area contributed by atoms with E-state index in [-0.39, 0.29) is 0 Å². The first kappa shape index (κ1) is 10.2. The topological polar surface area (TPSA) is 26.3 Å². The molecule has 15 heavy (non-hydrogen) atoms. The third-order valence-electron chi connectivity index (χ3n) is 2.81. The van der Waals surface area contributed by atoms with Gasteiger partial charge in [-0.15, -0.1) is 0 Å². The highest BCUT2D eigenvalue weighted by atomic mass is 16.5. The van der Waals surface area contributed by atoms with E-state index in [4.69, 9.17) is 4.74 Å². The lowest BCUT2D eigenvalue weighted by atomic mass is 10.1. The Kier molecular flexibility index (Phi) is 3.05. The molecule has 0 N–H and O–H groups in total. The van der Waals surface area contributed by atoms with Crippen molar-refractivity contribution in [2.75, 3.05) is 0 Å². The van der Waals surface area contributed by atoms with Gasteiger partial charge in [-0.05, 0) is 56.4 Å². The molecule has 1 saturated carbocycles. The van der Waals surface area contributed by atoms with Gasteiger partial charge in [0.05, 0.1) is 6.10 Å². The second-order valence-corrected chi connectivity index (χ2v) is 4.22. The van der Waals surface area contributed by atoms with Crippen LogP contribution in [-0.2, 0) is 0 Å². The summed E-state index contributed by atoms with van der Waals surface area (Å²) in [4.78, 5) is 10.7. The zero-order valence-corrected chi connectivity index (χ0v) is 9.03. The molecule has 1 fully saturated rings. The molecule has 0 aromatic heterocycles. The number of carbonyl (C=O) groups is 1.